The molecule has 0 aliphatic carbocycles. The Bertz CT molecular complexity index is 1170. The van der Waals surface area contributed by atoms with Crippen LogP contribution >= 0.6 is 23.2 Å². The van der Waals surface area contributed by atoms with E-state index in [1.807, 2.05) is 0 Å². The fourth-order valence-corrected chi connectivity index (χ4v) is 3.16. The van der Waals surface area contributed by atoms with Gasteiger partial charge in [0, 0.05) is 5.02 Å². The summed E-state index contributed by atoms with van der Waals surface area (Å²) in [5.41, 5.74) is -0.694. The van der Waals surface area contributed by atoms with Crippen LogP contribution in [0.25, 0.3) is 11.0 Å². The van der Waals surface area contributed by atoms with Crippen molar-refractivity contribution < 1.29 is 31.9 Å². The van der Waals surface area contributed by atoms with Gasteiger partial charge in [-0.2, -0.15) is 8.78 Å². The SMILES string of the molecule is CCOC(=O)C(F)(F)CN(C(=O)c1nc2cc(Cl)cc(F)c2[nH]1)c1cccc(F)c1Cl. The Morgan fingerprint density at radius 3 is 2.58 bits per heavy atom. The molecule has 1 heterocycles. The van der Waals surface area contributed by atoms with Gasteiger partial charge in [-0.3, -0.25) is 9.69 Å². The van der Waals surface area contributed by atoms with Gasteiger partial charge in [0.25, 0.3) is 5.91 Å². The molecule has 0 unspecified atom stereocenters. The first-order valence-corrected chi connectivity index (χ1v) is 9.46. The monoisotopic (exact) mass is 477 g/mol. The molecule has 2 aromatic carbocycles. The summed E-state index contributed by atoms with van der Waals surface area (Å²) < 4.78 is 61.3. The predicted octanol–water partition coefficient (Wildman–Crippen LogP) is 4.99. The number of carbonyl (C=O) groups excluding carboxylic acids is 2. The lowest BCUT2D eigenvalue weighted by Gasteiger charge is -2.26. The van der Waals surface area contributed by atoms with E-state index in [1.165, 1.54) is 13.0 Å². The molecule has 0 spiro atoms. The predicted molar refractivity (Wildman–Crippen MR) is 106 cm³/mol. The zero-order valence-electron chi connectivity index (χ0n) is 15.7. The lowest BCUT2D eigenvalue weighted by molar-refractivity contribution is -0.169. The quantitative estimate of drug-likeness (QED) is 0.400. The molecule has 1 N–H and O–H groups in total. The van der Waals surface area contributed by atoms with Crippen molar-refractivity contribution in [3.63, 3.8) is 0 Å². The van der Waals surface area contributed by atoms with Crippen molar-refractivity contribution in [3.8, 4) is 0 Å². The fraction of sp³-hybridized carbons (Fsp3) is 0.211. The van der Waals surface area contributed by atoms with Crippen LogP contribution in [0.3, 0.4) is 0 Å². The molecular formula is C19H13Cl2F4N3O3. The molecule has 3 rings (SSSR count). The number of amides is 1. The lowest BCUT2D eigenvalue weighted by atomic mass is 10.2. The van der Waals surface area contributed by atoms with Gasteiger partial charge in [-0.1, -0.05) is 29.3 Å². The zero-order chi connectivity index (χ0) is 22.9. The Balaban J connectivity index is 2.09. The van der Waals surface area contributed by atoms with Gasteiger partial charge < -0.3 is 9.72 Å². The average molecular weight is 478 g/mol. The molecule has 3 aromatic rings. The summed E-state index contributed by atoms with van der Waals surface area (Å²) in [7, 11) is 0. The second-order valence-corrected chi connectivity index (χ2v) is 7.07. The summed E-state index contributed by atoms with van der Waals surface area (Å²) in [4.78, 5) is 31.3. The third-order valence-corrected chi connectivity index (χ3v) is 4.70. The van der Waals surface area contributed by atoms with Crippen LogP contribution in [0, 0.1) is 11.6 Å². The molecule has 1 amide bonds. The highest BCUT2D eigenvalue weighted by atomic mass is 35.5. The molecule has 0 saturated heterocycles. The van der Waals surface area contributed by atoms with Crippen LogP contribution in [-0.2, 0) is 9.53 Å². The lowest BCUT2D eigenvalue weighted by Crippen LogP contribution is -2.46. The van der Waals surface area contributed by atoms with E-state index in [4.69, 9.17) is 23.2 Å². The van der Waals surface area contributed by atoms with Crippen LogP contribution in [0.1, 0.15) is 17.5 Å². The molecule has 12 heteroatoms. The number of ether oxygens (including phenoxy) is 1. The number of aromatic amines is 1. The first-order chi connectivity index (χ1) is 14.5. The Morgan fingerprint density at radius 2 is 1.90 bits per heavy atom. The Hall–Kier alpha value is -2.85. The fourth-order valence-electron chi connectivity index (χ4n) is 2.73. The Labute approximate surface area is 182 Å². The number of benzene rings is 2. The largest absolute Gasteiger partial charge is 0.462 e. The number of hydrogen-bond acceptors (Lipinski definition) is 4. The number of alkyl halides is 2. The van der Waals surface area contributed by atoms with Crippen molar-refractivity contribution in [3.05, 3.63) is 57.8 Å². The van der Waals surface area contributed by atoms with Gasteiger partial charge in [-0.25, -0.2) is 18.6 Å². The molecule has 0 atom stereocenters. The molecule has 0 radical (unpaired) electrons. The Kier molecular flexibility index (Phi) is 6.42. The number of carbonyl (C=O) groups is 2. The summed E-state index contributed by atoms with van der Waals surface area (Å²) >= 11 is 11.6. The van der Waals surface area contributed by atoms with E-state index in [1.54, 1.807) is 0 Å². The summed E-state index contributed by atoms with van der Waals surface area (Å²) in [6.07, 6.45) is 0. The normalized spacial score (nSPS) is 11.6. The van der Waals surface area contributed by atoms with E-state index in [2.05, 4.69) is 14.7 Å². The maximum atomic E-state index is 14.5. The number of esters is 1. The molecule has 0 bridgehead atoms. The van der Waals surface area contributed by atoms with Gasteiger partial charge in [0.2, 0.25) is 0 Å². The third kappa shape index (κ3) is 4.59. The van der Waals surface area contributed by atoms with Crippen molar-refractivity contribution in [2.24, 2.45) is 0 Å². The number of fused-ring (bicyclic) bond motifs is 1. The first kappa shape index (κ1) is 22.8. The molecule has 0 fully saturated rings. The maximum absolute atomic E-state index is 14.5. The molecule has 164 valence electrons. The van der Waals surface area contributed by atoms with E-state index in [-0.39, 0.29) is 22.7 Å². The number of halogens is 6. The van der Waals surface area contributed by atoms with Crippen molar-refractivity contribution in [2.75, 3.05) is 18.1 Å². The second-order valence-electron chi connectivity index (χ2n) is 6.26. The topological polar surface area (TPSA) is 75.3 Å². The van der Waals surface area contributed by atoms with Crippen LogP contribution in [0.2, 0.25) is 10.0 Å². The molecule has 6 nitrogen and oxygen atoms in total. The highest BCUT2D eigenvalue weighted by molar-refractivity contribution is 6.34. The van der Waals surface area contributed by atoms with E-state index in [0.717, 1.165) is 24.3 Å². The zero-order valence-corrected chi connectivity index (χ0v) is 17.2. The summed E-state index contributed by atoms with van der Waals surface area (Å²) in [5, 5.41) is -0.643. The smallest absolute Gasteiger partial charge is 0.378 e. The van der Waals surface area contributed by atoms with Gasteiger partial charge in [0.05, 0.1) is 17.8 Å². The Morgan fingerprint density at radius 1 is 1.19 bits per heavy atom. The average Bonchev–Trinajstić information content (AvgIpc) is 3.12. The van der Waals surface area contributed by atoms with Crippen LogP contribution in [-0.4, -0.2) is 40.9 Å². The number of nitrogens with zero attached hydrogens (tertiary/aromatic N) is 2. The van der Waals surface area contributed by atoms with Crippen LogP contribution in [0.5, 0.6) is 0 Å². The van der Waals surface area contributed by atoms with E-state index >= 15 is 0 Å². The summed E-state index contributed by atoms with van der Waals surface area (Å²) in [5.74, 6) is -9.65. The molecule has 0 aliphatic heterocycles. The number of anilines is 1. The van der Waals surface area contributed by atoms with Crippen molar-refractivity contribution in [1.82, 2.24) is 9.97 Å². The molecule has 0 aliphatic rings. The number of hydrogen-bond donors (Lipinski definition) is 1. The summed E-state index contributed by atoms with van der Waals surface area (Å²) in [6.45, 7) is -0.532. The number of aromatic nitrogens is 2. The standard InChI is InChI=1S/C19H13Cl2F4N3O3/c1-2-31-18(30)19(24,25)8-28(13-5-3-4-10(22)14(13)21)17(29)16-26-12-7-9(20)6-11(23)15(12)27-16/h3-7H,2,8H2,1H3,(H,26,27). The van der Waals surface area contributed by atoms with Gasteiger partial charge in [0.1, 0.15) is 28.7 Å². The molecular weight excluding hydrogens is 465 g/mol. The van der Waals surface area contributed by atoms with Gasteiger partial charge in [-0.15, -0.1) is 0 Å². The van der Waals surface area contributed by atoms with Crippen molar-refractivity contribution in [1.29, 1.82) is 0 Å². The minimum atomic E-state index is -4.16. The van der Waals surface area contributed by atoms with E-state index in [0.29, 0.717) is 4.90 Å². The number of rotatable bonds is 6. The van der Waals surface area contributed by atoms with Gasteiger partial charge in [0.15, 0.2) is 5.82 Å². The number of nitrogens with one attached hydrogen (secondary N) is 1. The van der Waals surface area contributed by atoms with Crippen LogP contribution in [0.4, 0.5) is 23.2 Å². The maximum Gasteiger partial charge on any atom is 0.378 e. The van der Waals surface area contributed by atoms with Gasteiger partial charge >= 0.3 is 11.9 Å². The minimum Gasteiger partial charge on any atom is -0.462 e. The second kappa shape index (κ2) is 8.72. The van der Waals surface area contributed by atoms with Gasteiger partial charge in [-0.05, 0) is 31.2 Å². The van der Waals surface area contributed by atoms with Crippen LogP contribution < -0.4 is 4.90 Å². The first-order valence-electron chi connectivity index (χ1n) is 8.70. The summed E-state index contributed by atoms with van der Waals surface area (Å²) in [6, 6.07) is 5.41. The molecule has 0 saturated carbocycles. The highest BCUT2D eigenvalue weighted by Gasteiger charge is 2.45. The van der Waals surface area contributed by atoms with Crippen molar-refractivity contribution >= 4 is 51.8 Å². The van der Waals surface area contributed by atoms with Crippen LogP contribution in [0.15, 0.2) is 30.3 Å². The van der Waals surface area contributed by atoms with Crippen molar-refractivity contribution in [2.45, 2.75) is 12.8 Å². The molecule has 1 aromatic heterocycles. The molecule has 31 heavy (non-hydrogen) atoms. The van der Waals surface area contributed by atoms with E-state index < -0.39 is 52.5 Å². The number of imidazole rings is 1. The number of H-pyrrole nitrogens is 1. The minimum absolute atomic E-state index is 0.00521. The highest BCUT2D eigenvalue weighted by Crippen LogP contribution is 2.32. The van der Waals surface area contributed by atoms with E-state index in [9.17, 15) is 27.2 Å². The third-order valence-electron chi connectivity index (χ3n) is 4.11.